The van der Waals surface area contributed by atoms with Gasteiger partial charge in [0.05, 0.1) is 19.0 Å². The first-order valence-corrected chi connectivity index (χ1v) is 14.0. The first-order valence-electron chi connectivity index (χ1n) is 12.8. The standard InChI is InChI=1S/C28H37N3O3S/c1-22(23-8-5-16-29-17-15-23)7-6-18-32-26-13-11-24(12-14-26)28-31-30-27(34-28)21-35-20-19-33-25-9-3-2-4-10-25/h2-4,9-14,22-23,29H,5-8,15-21H2,1H3. The van der Waals surface area contributed by atoms with Crippen molar-refractivity contribution in [1.82, 2.24) is 15.5 Å². The molecule has 3 aromatic rings. The normalized spacial score (nSPS) is 17.0. The monoisotopic (exact) mass is 495 g/mol. The Morgan fingerprint density at radius 2 is 1.77 bits per heavy atom. The number of thioether (sulfide) groups is 1. The van der Waals surface area contributed by atoms with Crippen LogP contribution in [0.5, 0.6) is 11.5 Å². The summed E-state index contributed by atoms with van der Waals surface area (Å²) in [6.07, 6.45) is 6.29. The van der Waals surface area contributed by atoms with E-state index in [9.17, 15) is 0 Å². The van der Waals surface area contributed by atoms with E-state index in [2.05, 4.69) is 22.4 Å². The Morgan fingerprint density at radius 1 is 0.971 bits per heavy atom. The van der Waals surface area contributed by atoms with Crippen LogP contribution < -0.4 is 14.8 Å². The lowest BCUT2D eigenvalue weighted by atomic mass is 9.85. The Balaban J connectivity index is 1.13. The molecule has 2 heterocycles. The van der Waals surface area contributed by atoms with Crippen LogP contribution in [0.4, 0.5) is 0 Å². The van der Waals surface area contributed by atoms with Gasteiger partial charge < -0.3 is 19.2 Å². The first kappa shape index (κ1) is 25.6. The molecule has 0 radical (unpaired) electrons. The molecule has 0 aliphatic carbocycles. The average Bonchev–Trinajstić information content (AvgIpc) is 3.19. The van der Waals surface area contributed by atoms with Crippen molar-refractivity contribution in [2.24, 2.45) is 11.8 Å². The van der Waals surface area contributed by atoms with Gasteiger partial charge in [-0.05, 0) is 93.4 Å². The van der Waals surface area contributed by atoms with Crippen molar-refractivity contribution in [3.8, 4) is 23.0 Å². The van der Waals surface area contributed by atoms with Crippen LogP contribution in [0.3, 0.4) is 0 Å². The van der Waals surface area contributed by atoms with Crippen molar-refractivity contribution in [2.75, 3.05) is 32.1 Å². The fourth-order valence-electron chi connectivity index (χ4n) is 4.46. The summed E-state index contributed by atoms with van der Waals surface area (Å²) in [6.45, 7) is 6.15. The summed E-state index contributed by atoms with van der Waals surface area (Å²) in [5, 5.41) is 11.9. The summed E-state index contributed by atoms with van der Waals surface area (Å²) in [7, 11) is 0. The fourth-order valence-corrected chi connectivity index (χ4v) is 5.10. The van der Waals surface area contributed by atoms with Gasteiger partial charge in [0, 0.05) is 11.3 Å². The highest BCUT2D eigenvalue weighted by Crippen LogP contribution is 2.27. The van der Waals surface area contributed by atoms with Crippen molar-refractivity contribution < 1.29 is 13.9 Å². The van der Waals surface area contributed by atoms with E-state index in [0.29, 0.717) is 24.1 Å². The SMILES string of the molecule is CC(CCCOc1ccc(-c2nnc(CSCCOc3ccccc3)o2)cc1)C1CCCNCC1. The second-order valence-electron chi connectivity index (χ2n) is 9.15. The number of nitrogens with zero attached hydrogens (tertiary/aromatic N) is 2. The Kier molecular flexibility index (Phi) is 10.3. The van der Waals surface area contributed by atoms with E-state index in [1.807, 2.05) is 54.6 Å². The summed E-state index contributed by atoms with van der Waals surface area (Å²) < 4.78 is 17.5. The molecule has 2 unspecified atom stereocenters. The lowest BCUT2D eigenvalue weighted by Gasteiger charge is -2.22. The van der Waals surface area contributed by atoms with Crippen molar-refractivity contribution in [3.05, 3.63) is 60.5 Å². The molecule has 35 heavy (non-hydrogen) atoms. The van der Waals surface area contributed by atoms with Gasteiger partial charge >= 0.3 is 0 Å². The maximum absolute atomic E-state index is 5.98. The highest BCUT2D eigenvalue weighted by atomic mass is 32.2. The summed E-state index contributed by atoms with van der Waals surface area (Å²) >= 11 is 1.72. The number of hydrogen-bond donors (Lipinski definition) is 1. The quantitative estimate of drug-likeness (QED) is 0.282. The van der Waals surface area contributed by atoms with E-state index in [-0.39, 0.29) is 0 Å². The molecule has 7 heteroatoms. The molecule has 6 nitrogen and oxygen atoms in total. The maximum atomic E-state index is 5.98. The molecule has 1 saturated heterocycles. The topological polar surface area (TPSA) is 69.4 Å². The summed E-state index contributed by atoms with van der Waals surface area (Å²) in [5.41, 5.74) is 0.907. The van der Waals surface area contributed by atoms with Gasteiger partial charge in [0.1, 0.15) is 11.5 Å². The third-order valence-corrected chi connectivity index (χ3v) is 7.44. The lowest BCUT2D eigenvalue weighted by molar-refractivity contribution is 0.258. The van der Waals surface area contributed by atoms with Crippen LogP contribution in [0.25, 0.3) is 11.5 Å². The second-order valence-corrected chi connectivity index (χ2v) is 10.3. The van der Waals surface area contributed by atoms with Crippen molar-refractivity contribution in [3.63, 3.8) is 0 Å². The molecule has 1 aliphatic heterocycles. The molecule has 2 aromatic carbocycles. The minimum atomic E-state index is 0.541. The zero-order chi connectivity index (χ0) is 24.1. The van der Waals surface area contributed by atoms with Crippen LogP contribution in [-0.4, -0.2) is 42.3 Å². The molecule has 0 saturated carbocycles. The molecule has 0 amide bonds. The van der Waals surface area contributed by atoms with Gasteiger partial charge in [-0.15, -0.1) is 22.0 Å². The van der Waals surface area contributed by atoms with E-state index in [1.54, 1.807) is 11.8 Å². The minimum Gasteiger partial charge on any atom is -0.494 e. The predicted molar refractivity (Wildman–Crippen MR) is 142 cm³/mol. The molecule has 2 atom stereocenters. The number of rotatable bonds is 13. The lowest BCUT2D eigenvalue weighted by Crippen LogP contribution is -2.16. The van der Waals surface area contributed by atoms with Crippen LogP contribution in [0.2, 0.25) is 0 Å². The number of ether oxygens (including phenoxy) is 2. The molecular weight excluding hydrogens is 458 g/mol. The molecule has 1 fully saturated rings. The molecule has 1 aliphatic rings. The third kappa shape index (κ3) is 8.58. The van der Waals surface area contributed by atoms with E-state index < -0.39 is 0 Å². The van der Waals surface area contributed by atoms with Crippen LogP contribution >= 0.6 is 11.8 Å². The molecule has 4 rings (SSSR count). The van der Waals surface area contributed by atoms with Gasteiger partial charge in [-0.3, -0.25) is 0 Å². The summed E-state index contributed by atoms with van der Waals surface area (Å²) in [4.78, 5) is 0. The summed E-state index contributed by atoms with van der Waals surface area (Å²) in [5.74, 6) is 6.09. The molecule has 1 N–H and O–H groups in total. The van der Waals surface area contributed by atoms with Gasteiger partial charge in [-0.2, -0.15) is 0 Å². The minimum absolute atomic E-state index is 0.541. The van der Waals surface area contributed by atoms with Gasteiger partial charge in [0.15, 0.2) is 0 Å². The van der Waals surface area contributed by atoms with Crippen LogP contribution in [0, 0.1) is 11.8 Å². The second kappa shape index (κ2) is 14.1. The number of aromatic nitrogens is 2. The zero-order valence-corrected chi connectivity index (χ0v) is 21.5. The van der Waals surface area contributed by atoms with E-state index >= 15 is 0 Å². The zero-order valence-electron chi connectivity index (χ0n) is 20.7. The van der Waals surface area contributed by atoms with E-state index in [4.69, 9.17) is 13.9 Å². The van der Waals surface area contributed by atoms with Gasteiger partial charge in [0.25, 0.3) is 0 Å². The van der Waals surface area contributed by atoms with Gasteiger partial charge in [0.2, 0.25) is 11.8 Å². The summed E-state index contributed by atoms with van der Waals surface area (Å²) in [6, 6.07) is 17.8. The van der Waals surface area contributed by atoms with Crippen LogP contribution in [0.15, 0.2) is 59.0 Å². The average molecular weight is 496 g/mol. The van der Waals surface area contributed by atoms with Crippen molar-refractivity contribution in [2.45, 2.75) is 44.8 Å². The van der Waals surface area contributed by atoms with Gasteiger partial charge in [-0.1, -0.05) is 25.1 Å². The molecule has 0 bridgehead atoms. The first-order chi connectivity index (χ1) is 17.3. The van der Waals surface area contributed by atoms with Crippen molar-refractivity contribution >= 4 is 11.8 Å². The van der Waals surface area contributed by atoms with E-state index in [0.717, 1.165) is 47.7 Å². The predicted octanol–water partition coefficient (Wildman–Crippen LogP) is 6.23. The molecule has 1 aromatic heterocycles. The number of hydrogen-bond acceptors (Lipinski definition) is 7. The smallest absolute Gasteiger partial charge is 0.247 e. The Bertz CT molecular complexity index is 973. The Morgan fingerprint density at radius 3 is 2.63 bits per heavy atom. The number of benzene rings is 2. The maximum Gasteiger partial charge on any atom is 0.247 e. The largest absolute Gasteiger partial charge is 0.494 e. The third-order valence-electron chi connectivity index (χ3n) is 6.53. The number of nitrogens with one attached hydrogen (secondary N) is 1. The van der Waals surface area contributed by atoms with Gasteiger partial charge in [-0.25, -0.2) is 0 Å². The Hall–Kier alpha value is -2.51. The van der Waals surface area contributed by atoms with Crippen molar-refractivity contribution in [1.29, 1.82) is 0 Å². The molecular formula is C28H37N3O3S. The van der Waals surface area contributed by atoms with Crippen LogP contribution in [0.1, 0.15) is 44.9 Å². The molecule has 0 spiro atoms. The fraction of sp³-hybridized carbons (Fsp3) is 0.500. The van der Waals surface area contributed by atoms with E-state index in [1.165, 1.54) is 38.8 Å². The van der Waals surface area contributed by atoms with Crippen LogP contribution in [-0.2, 0) is 5.75 Å². The number of para-hydroxylation sites is 1. The highest BCUT2D eigenvalue weighted by Gasteiger charge is 2.18. The Labute approximate surface area is 213 Å². The molecule has 188 valence electrons. The highest BCUT2D eigenvalue weighted by molar-refractivity contribution is 7.98.